The van der Waals surface area contributed by atoms with Crippen molar-refractivity contribution in [1.82, 2.24) is 9.97 Å². The van der Waals surface area contributed by atoms with Crippen LogP contribution >= 0.6 is 11.3 Å². The Labute approximate surface area is 327 Å². The summed E-state index contributed by atoms with van der Waals surface area (Å²) in [4.78, 5) is 10.7. The largest absolute Gasteiger partial charge is 0.455 e. The molecule has 0 fully saturated rings. The summed E-state index contributed by atoms with van der Waals surface area (Å²) in [7, 11) is 0. The van der Waals surface area contributed by atoms with Crippen LogP contribution < -0.4 is 0 Å². The summed E-state index contributed by atoms with van der Waals surface area (Å²) < 4.78 is 9.41. The van der Waals surface area contributed by atoms with E-state index in [1.165, 1.54) is 20.2 Å². The molecule has 0 saturated carbocycles. The van der Waals surface area contributed by atoms with Gasteiger partial charge in [0.2, 0.25) is 0 Å². The van der Waals surface area contributed by atoms with Gasteiger partial charge in [-0.3, -0.25) is 0 Å². The van der Waals surface area contributed by atoms with Gasteiger partial charge in [-0.15, -0.1) is 11.3 Å². The summed E-state index contributed by atoms with van der Waals surface area (Å²) in [6.07, 6.45) is 0. The van der Waals surface area contributed by atoms with Crippen LogP contribution in [-0.2, 0) is 0 Å². The van der Waals surface area contributed by atoms with Gasteiger partial charge in [0.05, 0.1) is 11.4 Å². The van der Waals surface area contributed by atoms with E-state index >= 15 is 0 Å². The van der Waals surface area contributed by atoms with Crippen molar-refractivity contribution < 1.29 is 4.42 Å². The number of para-hydroxylation sites is 1. The highest BCUT2D eigenvalue weighted by atomic mass is 32.1. The molecule has 3 heterocycles. The zero-order chi connectivity index (χ0) is 37.0. The molecule has 0 bridgehead atoms. The molecule has 3 nitrogen and oxygen atoms in total. The van der Waals surface area contributed by atoms with Crippen molar-refractivity contribution in [2.75, 3.05) is 0 Å². The predicted octanol–water partition coefficient (Wildman–Crippen LogP) is 14.7. The fraction of sp³-hybridized carbons (Fsp3) is 0. The standard InChI is InChI=1S/C52H32N2OS/c1-4-14-33(15-5-1)37-28-38(34-16-6-2-7-17-34)30-39(29-37)52-53-45(35-18-8-3-9-19-35)32-46(54-52)42-26-25-40(50-43-21-10-12-22-47(43)55-51(42)50)36-24-27-49-44(31-36)41-20-11-13-23-48(41)56-49/h1-32H. The first-order valence-electron chi connectivity index (χ1n) is 18.8. The third-order valence-corrected chi connectivity index (χ3v) is 11.8. The highest BCUT2D eigenvalue weighted by Crippen LogP contribution is 2.44. The lowest BCUT2D eigenvalue weighted by Gasteiger charge is -2.14. The van der Waals surface area contributed by atoms with Gasteiger partial charge in [-0.1, -0.05) is 140 Å². The Balaban J connectivity index is 1.15. The minimum atomic E-state index is 0.652. The Hall–Kier alpha value is -7.14. The highest BCUT2D eigenvalue weighted by Gasteiger charge is 2.21. The second-order valence-electron chi connectivity index (χ2n) is 14.1. The monoisotopic (exact) mass is 732 g/mol. The topological polar surface area (TPSA) is 38.9 Å². The zero-order valence-corrected chi connectivity index (χ0v) is 31.0. The molecular weight excluding hydrogens is 701 g/mol. The maximum atomic E-state index is 6.83. The van der Waals surface area contributed by atoms with Crippen LogP contribution in [0.3, 0.4) is 0 Å². The lowest BCUT2D eigenvalue weighted by atomic mass is 9.94. The summed E-state index contributed by atoms with van der Waals surface area (Å²) >= 11 is 1.84. The van der Waals surface area contributed by atoms with Gasteiger partial charge in [-0.05, 0) is 88.0 Å². The van der Waals surface area contributed by atoms with E-state index in [-0.39, 0.29) is 0 Å². The Morgan fingerprint density at radius 2 is 0.929 bits per heavy atom. The van der Waals surface area contributed by atoms with E-state index < -0.39 is 0 Å². The van der Waals surface area contributed by atoms with Crippen molar-refractivity contribution in [2.45, 2.75) is 0 Å². The fourth-order valence-electron chi connectivity index (χ4n) is 7.99. The van der Waals surface area contributed by atoms with Crippen molar-refractivity contribution in [3.05, 3.63) is 194 Å². The highest BCUT2D eigenvalue weighted by molar-refractivity contribution is 7.25. The summed E-state index contributed by atoms with van der Waals surface area (Å²) in [6, 6.07) is 68.4. The Morgan fingerprint density at radius 1 is 0.357 bits per heavy atom. The maximum absolute atomic E-state index is 6.83. The van der Waals surface area contributed by atoms with Crippen LogP contribution in [0, 0.1) is 0 Å². The number of furan rings is 1. The molecule has 56 heavy (non-hydrogen) atoms. The summed E-state index contributed by atoms with van der Waals surface area (Å²) in [5.41, 5.74) is 13.0. The van der Waals surface area contributed by atoms with E-state index in [4.69, 9.17) is 14.4 Å². The summed E-state index contributed by atoms with van der Waals surface area (Å²) in [6.45, 7) is 0. The number of aromatic nitrogens is 2. The van der Waals surface area contributed by atoms with E-state index in [0.29, 0.717) is 5.82 Å². The van der Waals surface area contributed by atoms with Crippen molar-refractivity contribution >= 4 is 53.4 Å². The number of rotatable bonds is 6. The predicted molar refractivity (Wildman–Crippen MR) is 235 cm³/mol. The van der Waals surface area contributed by atoms with Crippen molar-refractivity contribution in [2.24, 2.45) is 0 Å². The molecule has 0 aliphatic heterocycles. The van der Waals surface area contributed by atoms with Crippen LogP contribution in [-0.4, -0.2) is 9.97 Å². The number of hydrogen-bond acceptors (Lipinski definition) is 4. The second kappa shape index (κ2) is 13.3. The zero-order valence-electron chi connectivity index (χ0n) is 30.2. The molecule has 0 radical (unpaired) electrons. The summed E-state index contributed by atoms with van der Waals surface area (Å²) in [5, 5.41) is 4.72. The number of fused-ring (bicyclic) bond motifs is 6. The fourth-order valence-corrected chi connectivity index (χ4v) is 9.07. The normalized spacial score (nSPS) is 11.6. The first-order chi connectivity index (χ1) is 27.7. The Morgan fingerprint density at radius 3 is 1.66 bits per heavy atom. The SMILES string of the molecule is c1ccc(-c2cc(-c3ccccc3)cc(-c3nc(-c4ccccc4)cc(-c4ccc(-c5ccc6sc7ccccc7c6c5)c5c4oc4ccccc45)n3)c2)cc1. The van der Waals surface area contributed by atoms with Crippen LogP contribution in [0.15, 0.2) is 199 Å². The Kier molecular flexibility index (Phi) is 7.68. The van der Waals surface area contributed by atoms with Crippen LogP contribution in [0.2, 0.25) is 0 Å². The van der Waals surface area contributed by atoms with Gasteiger partial charge in [-0.25, -0.2) is 9.97 Å². The molecule has 262 valence electrons. The molecule has 0 atom stereocenters. The summed E-state index contributed by atoms with van der Waals surface area (Å²) in [5.74, 6) is 0.652. The van der Waals surface area contributed by atoms with Gasteiger partial charge in [0.1, 0.15) is 11.2 Å². The van der Waals surface area contributed by atoms with Crippen molar-refractivity contribution in [1.29, 1.82) is 0 Å². The molecule has 0 saturated heterocycles. The van der Waals surface area contributed by atoms with Gasteiger partial charge >= 0.3 is 0 Å². The average Bonchev–Trinajstić information content (AvgIpc) is 3.85. The molecule has 0 unspecified atom stereocenters. The van der Waals surface area contributed by atoms with Gasteiger partial charge in [-0.2, -0.15) is 0 Å². The number of thiophene rings is 1. The minimum absolute atomic E-state index is 0.652. The first kappa shape index (κ1) is 32.3. The molecule has 11 aromatic rings. The van der Waals surface area contributed by atoms with E-state index in [9.17, 15) is 0 Å². The molecule has 4 heteroatoms. The van der Waals surface area contributed by atoms with Gasteiger partial charge in [0, 0.05) is 47.6 Å². The first-order valence-corrected chi connectivity index (χ1v) is 19.6. The van der Waals surface area contributed by atoms with Crippen LogP contribution in [0.4, 0.5) is 0 Å². The van der Waals surface area contributed by atoms with Crippen molar-refractivity contribution in [3.8, 4) is 67.3 Å². The van der Waals surface area contributed by atoms with Crippen molar-refractivity contribution in [3.63, 3.8) is 0 Å². The van der Waals surface area contributed by atoms with E-state index in [2.05, 4.69) is 182 Å². The lowest BCUT2D eigenvalue weighted by Crippen LogP contribution is -1.97. The third-order valence-electron chi connectivity index (χ3n) is 10.7. The maximum Gasteiger partial charge on any atom is 0.160 e. The van der Waals surface area contributed by atoms with E-state index in [1.807, 2.05) is 23.5 Å². The molecule has 0 aliphatic rings. The minimum Gasteiger partial charge on any atom is -0.455 e. The van der Waals surface area contributed by atoms with Gasteiger partial charge < -0.3 is 4.42 Å². The van der Waals surface area contributed by atoms with Gasteiger partial charge in [0.15, 0.2) is 5.82 Å². The van der Waals surface area contributed by atoms with E-state index in [1.54, 1.807) is 0 Å². The second-order valence-corrected chi connectivity index (χ2v) is 15.2. The number of nitrogens with zero attached hydrogens (tertiary/aromatic N) is 2. The third kappa shape index (κ3) is 5.58. The Bertz CT molecular complexity index is 3180. The molecule has 0 aliphatic carbocycles. The molecule has 3 aromatic heterocycles. The van der Waals surface area contributed by atoms with E-state index in [0.717, 1.165) is 83.4 Å². The average molecular weight is 733 g/mol. The number of hydrogen-bond donors (Lipinski definition) is 0. The molecular formula is C52H32N2OS. The van der Waals surface area contributed by atoms with Crippen LogP contribution in [0.1, 0.15) is 0 Å². The van der Waals surface area contributed by atoms with Crippen LogP contribution in [0.25, 0.3) is 109 Å². The molecule has 0 spiro atoms. The molecule has 0 amide bonds. The van der Waals surface area contributed by atoms with Crippen LogP contribution in [0.5, 0.6) is 0 Å². The molecule has 11 rings (SSSR count). The smallest absolute Gasteiger partial charge is 0.160 e. The molecule has 8 aromatic carbocycles. The quantitative estimate of drug-likeness (QED) is 0.171. The molecule has 0 N–H and O–H groups in total. The lowest BCUT2D eigenvalue weighted by molar-refractivity contribution is 0.670. The number of benzene rings is 8. The van der Waals surface area contributed by atoms with Gasteiger partial charge in [0.25, 0.3) is 0 Å².